The molecule has 1 fully saturated rings. The van der Waals surface area contributed by atoms with E-state index in [1.807, 2.05) is 48.3 Å². The number of H-pyrrole nitrogens is 1. The first-order valence-electron chi connectivity index (χ1n) is 10.8. The molecule has 1 aliphatic rings. The Morgan fingerprint density at radius 2 is 2.12 bits per heavy atom. The molecule has 0 aliphatic carbocycles. The summed E-state index contributed by atoms with van der Waals surface area (Å²) >= 11 is 7.63. The number of aromatic nitrogens is 5. The monoisotopic (exact) mass is 468 g/mol. The Bertz CT molecular complexity index is 1180. The minimum atomic E-state index is 0.265. The van der Waals surface area contributed by atoms with Gasteiger partial charge in [-0.3, -0.25) is 9.78 Å². The van der Waals surface area contributed by atoms with Gasteiger partial charge in [0.2, 0.25) is 0 Å². The van der Waals surface area contributed by atoms with Crippen molar-refractivity contribution in [2.24, 2.45) is 0 Å². The molecule has 166 valence electrons. The van der Waals surface area contributed by atoms with Crippen LogP contribution in [0.1, 0.15) is 30.5 Å². The minimum Gasteiger partial charge on any atom is -0.376 e. The lowest BCUT2D eigenvalue weighted by Gasteiger charge is -2.22. The van der Waals surface area contributed by atoms with Gasteiger partial charge in [0.15, 0.2) is 5.13 Å². The van der Waals surface area contributed by atoms with Gasteiger partial charge in [-0.05, 0) is 49.9 Å². The van der Waals surface area contributed by atoms with Crippen molar-refractivity contribution in [1.29, 1.82) is 0 Å². The van der Waals surface area contributed by atoms with Crippen LogP contribution in [0.3, 0.4) is 0 Å². The van der Waals surface area contributed by atoms with E-state index in [9.17, 15) is 0 Å². The van der Waals surface area contributed by atoms with E-state index in [0.717, 1.165) is 64.2 Å². The number of ether oxygens (including phenoxy) is 1. The number of nitrogens with one attached hydrogen (secondary N) is 2. The van der Waals surface area contributed by atoms with Crippen LogP contribution in [0.2, 0.25) is 5.02 Å². The maximum absolute atomic E-state index is 6.01. The van der Waals surface area contributed by atoms with E-state index >= 15 is 0 Å². The summed E-state index contributed by atoms with van der Waals surface area (Å²) in [4.78, 5) is 5.79. The molecule has 32 heavy (non-hydrogen) atoms. The van der Waals surface area contributed by atoms with Gasteiger partial charge in [-0.1, -0.05) is 35.1 Å². The summed E-state index contributed by atoms with van der Waals surface area (Å²) in [5, 5.41) is 17.1. The van der Waals surface area contributed by atoms with Crippen molar-refractivity contribution < 1.29 is 4.74 Å². The second-order valence-electron chi connectivity index (χ2n) is 7.98. The van der Waals surface area contributed by atoms with E-state index in [-0.39, 0.29) is 6.10 Å². The normalized spacial score (nSPS) is 16.4. The number of halogens is 1. The van der Waals surface area contributed by atoms with Crippen LogP contribution in [0, 0.1) is 6.92 Å². The summed E-state index contributed by atoms with van der Waals surface area (Å²) < 4.78 is 7.83. The molecule has 0 saturated carbocycles. The maximum atomic E-state index is 6.01. The lowest BCUT2D eigenvalue weighted by molar-refractivity contribution is 0.00403. The highest BCUT2D eigenvalue weighted by Gasteiger charge is 2.17. The molecule has 0 amide bonds. The van der Waals surface area contributed by atoms with E-state index in [4.69, 9.17) is 26.4 Å². The second-order valence-corrected chi connectivity index (χ2v) is 9.41. The fourth-order valence-electron chi connectivity index (χ4n) is 3.94. The summed E-state index contributed by atoms with van der Waals surface area (Å²) in [6, 6.07) is 9.79. The third-order valence-electron chi connectivity index (χ3n) is 5.62. The predicted octanol–water partition coefficient (Wildman–Crippen LogP) is 5.54. The van der Waals surface area contributed by atoms with E-state index in [2.05, 4.69) is 21.6 Å². The standard InChI is InChI=1S/C23H25ClN6OS/c1-15-22(20-9-10-30(29-20)14-19-4-2-3-11-31-19)32-23(27-15)25-12-17-13-26-28-21(17)16-5-7-18(24)8-6-16/h5-10,13,19H,2-4,11-12,14H2,1H3,(H,25,27)(H,26,28). The van der Waals surface area contributed by atoms with Crippen LogP contribution in [0.15, 0.2) is 42.7 Å². The summed E-state index contributed by atoms with van der Waals surface area (Å²) in [6.07, 6.45) is 7.64. The first-order valence-corrected chi connectivity index (χ1v) is 12.0. The molecule has 4 aromatic rings. The van der Waals surface area contributed by atoms with Gasteiger partial charge in [-0.15, -0.1) is 0 Å². The van der Waals surface area contributed by atoms with Gasteiger partial charge in [0.25, 0.3) is 0 Å². The molecule has 0 spiro atoms. The van der Waals surface area contributed by atoms with Crippen molar-refractivity contribution in [2.45, 2.75) is 45.4 Å². The molecular weight excluding hydrogens is 444 g/mol. The van der Waals surface area contributed by atoms with Crippen LogP contribution >= 0.6 is 22.9 Å². The highest BCUT2D eigenvalue weighted by Crippen LogP contribution is 2.32. The van der Waals surface area contributed by atoms with Gasteiger partial charge in [0, 0.05) is 29.9 Å². The van der Waals surface area contributed by atoms with Gasteiger partial charge >= 0.3 is 0 Å². The number of hydrogen-bond acceptors (Lipinski definition) is 6. The van der Waals surface area contributed by atoms with Crippen molar-refractivity contribution in [2.75, 3.05) is 11.9 Å². The van der Waals surface area contributed by atoms with Crippen molar-refractivity contribution in [3.63, 3.8) is 0 Å². The number of aryl methyl sites for hydroxylation is 1. The number of nitrogens with zero attached hydrogens (tertiary/aromatic N) is 4. The minimum absolute atomic E-state index is 0.265. The summed E-state index contributed by atoms with van der Waals surface area (Å²) in [6.45, 7) is 4.31. The molecule has 0 bridgehead atoms. The van der Waals surface area contributed by atoms with Gasteiger partial charge < -0.3 is 10.1 Å². The van der Waals surface area contributed by atoms with Gasteiger partial charge in [0.1, 0.15) is 5.69 Å². The number of aromatic amines is 1. The Balaban J connectivity index is 1.26. The summed E-state index contributed by atoms with van der Waals surface area (Å²) in [5.41, 5.74) is 5.02. The predicted molar refractivity (Wildman–Crippen MR) is 128 cm³/mol. The van der Waals surface area contributed by atoms with Crippen LogP contribution in [0.5, 0.6) is 0 Å². The number of thiazole rings is 1. The van der Waals surface area contributed by atoms with Crippen LogP contribution in [0.4, 0.5) is 5.13 Å². The van der Waals surface area contributed by atoms with Crippen molar-refractivity contribution in [1.82, 2.24) is 25.0 Å². The van der Waals surface area contributed by atoms with Crippen LogP contribution in [-0.4, -0.2) is 37.7 Å². The lowest BCUT2D eigenvalue weighted by atomic mass is 10.1. The van der Waals surface area contributed by atoms with Crippen LogP contribution in [-0.2, 0) is 17.8 Å². The molecule has 5 rings (SSSR count). The second kappa shape index (κ2) is 9.44. The third-order valence-corrected chi connectivity index (χ3v) is 7.01. The van der Waals surface area contributed by atoms with Gasteiger partial charge in [0.05, 0.1) is 35.1 Å². The largest absolute Gasteiger partial charge is 0.376 e. The smallest absolute Gasteiger partial charge is 0.183 e. The Kier molecular flexibility index (Phi) is 6.25. The first-order chi connectivity index (χ1) is 15.7. The fraction of sp³-hybridized carbons (Fsp3) is 0.348. The SMILES string of the molecule is Cc1nc(NCc2cn[nH]c2-c2ccc(Cl)cc2)sc1-c1ccn(CC2CCCCO2)n1. The molecule has 9 heteroatoms. The van der Waals surface area contributed by atoms with E-state index < -0.39 is 0 Å². The van der Waals surface area contributed by atoms with Gasteiger partial charge in [-0.2, -0.15) is 10.2 Å². The lowest BCUT2D eigenvalue weighted by Crippen LogP contribution is -2.24. The third kappa shape index (κ3) is 4.72. The molecule has 2 N–H and O–H groups in total. The molecule has 1 saturated heterocycles. The average molecular weight is 469 g/mol. The number of rotatable bonds is 7. The first kappa shape index (κ1) is 21.2. The van der Waals surface area contributed by atoms with E-state index in [0.29, 0.717) is 11.6 Å². The van der Waals surface area contributed by atoms with Gasteiger partial charge in [-0.25, -0.2) is 4.98 Å². The van der Waals surface area contributed by atoms with Crippen molar-refractivity contribution >= 4 is 28.1 Å². The van der Waals surface area contributed by atoms with E-state index in [1.54, 1.807) is 11.3 Å². The molecule has 1 aliphatic heterocycles. The Morgan fingerprint density at radius 1 is 1.25 bits per heavy atom. The molecule has 3 aromatic heterocycles. The highest BCUT2D eigenvalue weighted by molar-refractivity contribution is 7.19. The zero-order chi connectivity index (χ0) is 21.9. The van der Waals surface area contributed by atoms with Crippen molar-refractivity contribution in [3.05, 3.63) is 59.0 Å². The Hall–Kier alpha value is -2.68. The summed E-state index contributed by atoms with van der Waals surface area (Å²) in [5.74, 6) is 0. The van der Waals surface area contributed by atoms with Crippen LogP contribution in [0.25, 0.3) is 21.8 Å². The molecule has 1 atom stereocenters. The number of benzene rings is 1. The molecule has 0 radical (unpaired) electrons. The summed E-state index contributed by atoms with van der Waals surface area (Å²) in [7, 11) is 0. The number of hydrogen-bond donors (Lipinski definition) is 2. The molecule has 1 unspecified atom stereocenters. The van der Waals surface area contributed by atoms with Crippen molar-refractivity contribution in [3.8, 4) is 21.8 Å². The Labute approximate surface area is 195 Å². The molecule has 4 heterocycles. The quantitative estimate of drug-likeness (QED) is 0.372. The molecule has 1 aromatic carbocycles. The topological polar surface area (TPSA) is 80.7 Å². The Morgan fingerprint density at radius 3 is 2.94 bits per heavy atom. The average Bonchev–Trinajstić information content (AvgIpc) is 3.53. The zero-order valence-corrected chi connectivity index (χ0v) is 19.4. The maximum Gasteiger partial charge on any atom is 0.183 e. The fourth-order valence-corrected chi connectivity index (χ4v) is 4.99. The molecular formula is C23H25ClN6OS. The zero-order valence-electron chi connectivity index (χ0n) is 17.8. The van der Waals surface area contributed by atoms with Crippen LogP contribution < -0.4 is 5.32 Å². The van der Waals surface area contributed by atoms with E-state index in [1.165, 1.54) is 6.42 Å². The highest BCUT2D eigenvalue weighted by atomic mass is 35.5. The molecule has 7 nitrogen and oxygen atoms in total. The number of anilines is 1.